The lowest BCUT2D eigenvalue weighted by molar-refractivity contribution is -0.145. The number of aliphatic hydroxyl groups excluding tert-OH is 1. The Morgan fingerprint density at radius 3 is 2.65 bits per heavy atom. The largest absolute Gasteiger partial charge is 0.395 e. The third kappa shape index (κ3) is 3.49. The van der Waals surface area contributed by atoms with Gasteiger partial charge in [-0.25, -0.2) is 0 Å². The molecule has 2 amide bonds. The molecule has 2 fully saturated rings. The number of likely N-dealkylation sites (tertiary alicyclic amines) is 1. The van der Waals surface area contributed by atoms with Crippen LogP contribution in [-0.2, 0) is 14.3 Å². The van der Waals surface area contributed by atoms with Crippen molar-refractivity contribution in [3.05, 3.63) is 0 Å². The number of hydrogen-bond acceptors (Lipinski definition) is 4. The summed E-state index contributed by atoms with van der Waals surface area (Å²) >= 11 is 0. The van der Waals surface area contributed by atoms with Gasteiger partial charge in [0, 0.05) is 32.7 Å². The van der Waals surface area contributed by atoms with Crippen molar-refractivity contribution in [3.8, 4) is 0 Å². The predicted octanol–water partition coefficient (Wildman–Crippen LogP) is -0.145. The van der Waals surface area contributed by atoms with Gasteiger partial charge in [-0.3, -0.25) is 9.59 Å². The van der Waals surface area contributed by atoms with Crippen LogP contribution in [0.3, 0.4) is 0 Å². The fraction of sp³-hybridized carbons (Fsp3) is 0.857. The number of amides is 2. The molecule has 0 radical (unpaired) electrons. The molecule has 6 heteroatoms. The maximum absolute atomic E-state index is 12.6. The lowest BCUT2D eigenvalue weighted by Crippen LogP contribution is -2.49. The summed E-state index contributed by atoms with van der Waals surface area (Å²) in [6.45, 7) is 1.80. The third-order valence-corrected chi connectivity index (χ3v) is 3.99. The zero-order valence-corrected chi connectivity index (χ0v) is 12.1. The summed E-state index contributed by atoms with van der Waals surface area (Å²) in [6, 6.07) is -0.341. The molecular weight excluding hydrogens is 260 g/mol. The molecule has 1 saturated heterocycles. The molecule has 1 N–H and O–H groups in total. The topological polar surface area (TPSA) is 70.1 Å². The van der Waals surface area contributed by atoms with E-state index >= 15 is 0 Å². The minimum absolute atomic E-state index is 0.0531. The Hall–Kier alpha value is -1.14. The van der Waals surface area contributed by atoms with Crippen molar-refractivity contribution in [1.29, 1.82) is 0 Å². The second-order valence-electron chi connectivity index (χ2n) is 5.51. The van der Waals surface area contributed by atoms with E-state index < -0.39 is 0 Å². The van der Waals surface area contributed by atoms with Crippen LogP contribution >= 0.6 is 0 Å². The maximum Gasteiger partial charge on any atom is 0.245 e. The van der Waals surface area contributed by atoms with Crippen molar-refractivity contribution in [2.24, 2.45) is 5.92 Å². The van der Waals surface area contributed by atoms with Crippen LogP contribution < -0.4 is 0 Å². The summed E-state index contributed by atoms with van der Waals surface area (Å²) in [5.74, 6) is 0.229. The smallest absolute Gasteiger partial charge is 0.245 e. The van der Waals surface area contributed by atoms with Gasteiger partial charge in [-0.2, -0.15) is 0 Å². The number of carbonyl (C=O) groups is 2. The molecule has 20 heavy (non-hydrogen) atoms. The van der Waals surface area contributed by atoms with Gasteiger partial charge in [0.05, 0.1) is 13.2 Å². The number of hydrogen-bond donors (Lipinski definition) is 1. The van der Waals surface area contributed by atoms with E-state index in [1.165, 1.54) is 0 Å². The molecule has 0 spiro atoms. The molecule has 1 saturated carbocycles. The summed E-state index contributed by atoms with van der Waals surface area (Å²) in [4.78, 5) is 28.1. The molecule has 0 aromatic rings. The molecular formula is C14H24N2O4. The Labute approximate surface area is 119 Å². The Bertz CT molecular complexity index is 357. The van der Waals surface area contributed by atoms with Crippen molar-refractivity contribution < 1.29 is 19.4 Å². The molecule has 1 atom stereocenters. The maximum atomic E-state index is 12.6. The summed E-state index contributed by atoms with van der Waals surface area (Å²) < 4.78 is 5.00. The lowest BCUT2D eigenvalue weighted by Gasteiger charge is -2.30. The molecule has 6 nitrogen and oxygen atoms in total. The van der Waals surface area contributed by atoms with Gasteiger partial charge in [0.15, 0.2) is 0 Å². The number of rotatable bonds is 7. The SMILES string of the molecule is COCCN(CCO)C(=O)C1CCCN1C(=O)C1CC1. The number of methoxy groups -OCH3 is 1. The van der Waals surface area contributed by atoms with Crippen LogP contribution in [0.15, 0.2) is 0 Å². The van der Waals surface area contributed by atoms with Gasteiger partial charge in [0.25, 0.3) is 0 Å². The minimum Gasteiger partial charge on any atom is -0.395 e. The Balaban J connectivity index is 1.98. The second-order valence-corrected chi connectivity index (χ2v) is 5.51. The van der Waals surface area contributed by atoms with E-state index in [0.717, 1.165) is 25.7 Å². The molecule has 0 bridgehead atoms. The molecule has 1 unspecified atom stereocenters. The molecule has 1 heterocycles. The summed E-state index contributed by atoms with van der Waals surface area (Å²) in [5.41, 5.74) is 0. The van der Waals surface area contributed by atoms with Gasteiger partial charge in [-0.1, -0.05) is 0 Å². The van der Waals surface area contributed by atoms with Gasteiger partial charge in [0.2, 0.25) is 11.8 Å². The number of carbonyl (C=O) groups excluding carboxylic acids is 2. The van der Waals surface area contributed by atoms with E-state index in [1.54, 1.807) is 16.9 Å². The monoisotopic (exact) mass is 284 g/mol. The quantitative estimate of drug-likeness (QED) is 0.706. The minimum atomic E-state index is -0.341. The first-order valence-corrected chi connectivity index (χ1v) is 7.38. The molecule has 1 aliphatic heterocycles. The van der Waals surface area contributed by atoms with Gasteiger partial charge in [0.1, 0.15) is 6.04 Å². The number of ether oxygens (including phenoxy) is 1. The summed E-state index contributed by atoms with van der Waals surface area (Å²) in [5, 5.41) is 9.09. The van der Waals surface area contributed by atoms with E-state index in [-0.39, 0.29) is 30.4 Å². The van der Waals surface area contributed by atoms with Crippen LogP contribution in [0.4, 0.5) is 0 Å². The van der Waals surface area contributed by atoms with Gasteiger partial charge in [-0.15, -0.1) is 0 Å². The Morgan fingerprint density at radius 2 is 2.05 bits per heavy atom. The highest BCUT2D eigenvalue weighted by Gasteiger charge is 2.41. The van der Waals surface area contributed by atoms with Crippen LogP contribution in [0, 0.1) is 5.92 Å². The van der Waals surface area contributed by atoms with Crippen LogP contribution in [0.1, 0.15) is 25.7 Å². The molecule has 1 aliphatic carbocycles. The average Bonchev–Trinajstić information content (AvgIpc) is 3.19. The van der Waals surface area contributed by atoms with E-state index in [9.17, 15) is 9.59 Å². The third-order valence-electron chi connectivity index (χ3n) is 3.99. The fourth-order valence-electron chi connectivity index (χ4n) is 2.72. The van der Waals surface area contributed by atoms with Crippen molar-refractivity contribution in [3.63, 3.8) is 0 Å². The zero-order valence-electron chi connectivity index (χ0n) is 12.1. The highest BCUT2D eigenvalue weighted by atomic mass is 16.5. The highest BCUT2D eigenvalue weighted by Crippen LogP contribution is 2.34. The molecule has 0 aromatic heterocycles. The lowest BCUT2D eigenvalue weighted by atomic mass is 10.1. The van der Waals surface area contributed by atoms with Gasteiger partial charge < -0.3 is 19.6 Å². The second kappa shape index (κ2) is 7.04. The van der Waals surface area contributed by atoms with Crippen molar-refractivity contribution in [1.82, 2.24) is 9.80 Å². The zero-order chi connectivity index (χ0) is 14.5. The van der Waals surface area contributed by atoms with Gasteiger partial charge in [-0.05, 0) is 25.7 Å². The fourth-order valence-corrected chi connectivity index (χ4v) is 2.72. The number of nitrogens with zero attached hydrogens (tertiary/aromatic N) is 2. The molecule has 0 aromatic carbocycles. The van der Waals surface area contributed by atoms with Crippen molar-refractivity contribution >= 4 is 11.8 Å². The summed E-state index contributed by atoms with van der Waals surface area (Å²) in [7, 11) is 1.58. The van der Waals surface area contributed by atoms with E-state index in [0.29, 0.717) is 26.2 Å². The normalized spacial score (nSPS) is 22.1. The number of aliphatic hydroxyl groups is 1. The van der Waals surface area contributed by atoms with Crippen LogP contribution in [0.2, 0.25) is 0 Å². The highest BCUT2D eigenvalue weighted by molar-refractivity contribution is 5.90. The first kappa shape index (κ1) is 15.3. The van der Waals surface area contributed by atoms with Crippen molar-refractivity contribution in [2.75, 3.05) is 40.0 Å². The first-order valence-electron chi connectivity index (χ1n) is 7.38. The van der Waals surface area contributed by atoms with E-state index in [4.69, 9.17) is 9.84 Å². The standard InChI is InChI=1S/C14H24N2O4/c1-20-10-8-15(7-9-17)14(19)12-3-2-6-16(12)13(18)11-4-5-11/h11-12,17H,2-10H2,1H3. The molecule has 2 aliphatic rings. The molecule has 2 rings (SSSR count). The van der Waals surface area contributed by atoms with E-state index in [1.807, 2.05) is 0 Å². The molecule has 114 valence electrons. The summed E-state index contributed by atoms with van der Waals surface area (Å²) in [6.07, 6.45) is 3.53. The van der Waals surface area contributed by atoms with Crippen LogP contribution in [-0.4, -0.2) is 72.7 Å². The predicted molar refractivity (Wildman–Crippen MR) is 73.0 cm³/mol. The van der Waals surface area contributed by atoms with Crippen molar-refractivity contribution in [2.45, 2.75) is 31.7 Å². The Morgan fingerprint density at radius 1 is 1.30 bits per heavy atom. The van der Waals surface area contributed by atoms with Crippen LogP contribution in [0.25, 0.3) is 0 Å². The first-order chi connectivity index (χ1) is 9.69. The van der Waals surface area contributed by atoms with Gasteiger partial charge >= 0.3 is 0 Å². The Kier molecular flexibility index (Phi) is 5.37. The van der Waals surface area contributed by atoms with Crippen LogP contribution in [0.5, 0.6) is 0 Å². The van der Waals surface area contributed by atoms with E-state index in [2.05, 4.69) is 0 Å². The average molecular weight is 284 g/mol.